The van der Waals surface area contributed by atoms with E-state index in [9.17, 15) is 4.79 Å². The molecule has 31 heavy (non-hydrogen) atoms. The Labute approximate surface area is 186 Å². The van der Waals surface area contributed by atoms with E-state index < -0.39 is 0 Å². The average Bonchev–Trinajstić information content (AvgIpc) is 3.31. The average molecular weight is 444 g/mol. The van der Waals surface area contributed by atoms with Gasteiger partial charge in [0.15, 0.2) is 4.96 Å². The van der Waals surface area contributed by atoms with E-state index >= 15 is 0 Å². The van der Waals surface area contributed by atoms with Crippen LogP contribution in [0.25, 0.3) is 16.2 Å². The van der Waals surface area contributed by atoms with Crippen molar-refractivity contribution in [3.05, 3.63) is 28.8 Å². The molecule has 0 saturated heterocycles. The fourth-order valence-corrected chi connectivity index (χ4v) is 5.17. The largest absolute Gasteiger partial charge is 0.497 e. The second-order valence-electron chi connectivity index (χ2n) is 7.74. The highest BCUT2D eigenvalue weighted by molar-refractivity contribution is 7.19. The molecule has 2 aromatic heterocycles. The molecule has 4 rings (SSSR count). The van der Waals surface area contributed by atoms with Crippen LogP contribution in [-0.4, -0.2) is 42.2 Å². The number of carbonyl (C=O) groups excluding carboxylic acids is 1. The fraction of sp³-hybridized carbons (Fsp3) is 0.478. The first kappa shape index (κ1) is 21.5. The molecule has 166 valence electrons. The predicted octanol–water partition coefficient (Wildman–Crippen LogP) is 5.31. The van der Waals surface area contributed by atoms with Gasteiger partial charge in [0.1, 0.15) is 27.9 Å². The van der Waals surface area contributed by atoms with Crippen LogP contribution >= 0.6 is 11.3 Å². The minimum atomic E-state index is -0.302. The molecule has 0 atom stereocenters. The van der Waals surface area contributed by atoms with Crippen molar-refractivity contribution in [3.63, 3.8) is 0 Å². The maximum absolute atomic E-state index is 12.4. The van der Waals surface area contributed by atoms with Crippen LogP contribution in [0.15, 0.2) is 18.2 Å². The number of aromatic nitrogens is 2. The van der Waals surface area contributed by atoms with Crippen LogP contribution in [0.4, 0.5) is 5.82 Å². The topological polar surface area (TPSA) is 74.1 Å². The van der Waals surface area contributed by atoms with Crippen LogP contribution in [-0.2, 0) is 4.74 Å². The molecule has 2 heterocycles. The first-order valence-corrected chi connectivity index (χ1v) is 11.6. The van der Waals surface area contributed by atoms with E-state index in [2.05, 4.69) is 5.32 Å². The summed E-state index contributed by atoms with van der Waals surface area (Å²) in [5.74, 6) is 2.02. The van der Waals surface area contributed by atoms with E-state index in [4.69, 9.17) is 19.2 Å². The number of carbonyl (C=O) groups is 1. The lowest BCUT2D eigenvalue weighted by molar-refractivity contribution is 0.0531. The first-order chi connectivity index (χ1) is 15.0. The second kappa shape index (κ2) is 9.18. The normalized spacial score (nSPS) is 14.6. The molecule has 3 aromatic rings. The summed E-state index contributed by atoms with van der Waals surface area (Å²) in [7, 11) is 3.28. The SMILES string of the molecule is CCOC(=O)c1sc2nc(-c3cc(OC)cc(OC)c3)c(NC3CCCCC3)n2c1C. The number of esters is 1. The van der Waals surface area contributed by atoms with Crippen LogP contribution in [0.5, 0.6) is 11.5 Å². The molecule has 1 aliphatic rings. The number of nitrogens with one attached hydrogen (secondary N) is 1. The van der Waals surface area contributed by atoms with Gasteiger partial charge in [-0.15, -0.1) is 0 Å². The van der Waals surface area contributed by atoms with Crippen LogP contribution in [0, 0.1) is 6.92 Å². The van der Waals surface area contributed by atoms with E-state index in [0.29, 0.717) is 29.0 Å². The number of benzene rings is 1. The van der Waals surface area contributed by atoms with E-state index in [1.807, 2.05) is 36.4 Å². The number of hydrogen-bond donors (Lipinski definition) is 1. The van der Waals surface area contributed by atoms with Gasteiger partial charge < -0.3 is 19.5 Å². The third kappa shape index (κ3) is 4.21. The Morgan fingerprint density at radius 2 is 1.84 bits per heavy atom. The van der Waals surface area contributed by atoms with E-state index in [-0.39, 0.29) is 5.97 Å². The minimum Gasteiger partial charge on any atom is -0.497 e. The molecule has 1 N–H and O–H groups in total. The molecule has 0 bridgehead atoms. The molecular weight excluding hydrogens is 414 g/mol. The van der Waals surface area contributed by atoms with Gasteiger partial charge in [0, 0.05) is 23.4 Å². The van der Waals surface area contributed by atoms with Crippen molar-refractivity contribution in [2.24, 2.45) is 0 Å². The molecule has 1 aliphatic carbocycles. The molecule has 0 unspecified atom stereocenters. The standard InChI is InChI=1S/C23H29N3O4S/c1-5-30-22(27)20-14(2)26-21(24-16-9-7-6-8-10-16)19(25-23(26)31-20)15-11-17(28-3)13-18(12-15)29-4/h11-13,16,24H,5-10H2,1-4H3. The summed E-state index contributed by atoms with van der Waals surface area (Å²) in [6, 6.07) is 6.15. The quantitative estimate of drug-likeness (QED) is 0.499. The zero-order valence-electron chi connectivity index (χ0n) is 18.5. The molecule has 0 spiro atoms. The zero-order chi connectivity index (χ0) is 22.0. The van der Waals surface area contributed by atoms with Gasteiger partial charge in [-0.2, -0.15) is 0 Å². The van der Waals surface area contributed by atoms with Gasteiger partial charge in [-0.3, -0.25) is 4.40 Å². The van der Waals surface area contributed by atoms with Gasteiger partial charge in [-0.1, -0.05) is 30.6 Å². The lowest BCUT2D eigenvalue weighted by Gasteiger charge is -2.24. The Hall–Kier alpha value is -2.74. The van der Waals surface area contributed by atoms with Crippen LogP contribution < -0.4 is 14.8 Å². The monoisotopic (exact) mass is 443 g/mol. The Kier molecular flexibility index (Phi) is 6.36. The molecule has 7 nitrogen and oxygen atoms in total. The number of ether oxygens (including phenoxy) is 3. The van der Waals surface area contributed by atoms with Crippen LogP contribution in [0.3, 0.4) is 0 Å². The van der Waals surface area contributed by atoms with E-state index in [0.717, 1.165) is 40.6 Å². The minimum absolute atomic E-state index is 0.302. The summed E-state index contributed by atoms with van der Waals surface area (Å²) in [6.45, 7) is 4.11. The van der Waals surface area contributed by atoms with Crippen molar-refractivity contribution in [1.82, 2.24) is 9.38 Å². The smallest absolute Gasteiger partial charge is 0.350 e. The van der Waals surface area contributed by atoms with Gasteiger partial charge in [0.25, 0.3) is 0 Å². The van der Waals surface area contributed by atoms with Crippen molar-refractivity contribution in [3.8, 4) is 22.8 Å². The van der Waals surface area contributed by atoms with Gasteiger partial charge in [0.05, 0.1) is 20.8 Å². The van der Waals surface area contributed by atoms with Crippen molar-refractivity contribution in [2.75, 3.05) is 26.1 Å². The lowest BCUT2D eigenvalue weighted by atomic mass is 9.95. The molecule has 0 amide bonds. The van der Waals surface area contributed by atoms with Gasteiger partial charge in [0.2, 0.25) is 0 Å². The number of anilines is 1. The van der Waals surface area contributed by atoms with Crippen LogP contribution in [0.1, 0.15) is 54.4 Å². The summed E-state index contributed by atoms with van der Waals surface area (Å²) >= 11 is 1.36. The number of hydrogen-bond acceptors (Lipinski definition) is 7. The maximum atomic E-state index is 12.4. The van der Waals surface area contributed by atoms with Crippen molar-refractivity contribution < 1.29 is 19.0 Å². The van der Waals surface area contributed by atoms with Crippen molar-refractivity contribution >= 4 is 28.1 Å². The Balaban J connectivity index is 1.86. The molecule has 0 radical (unpaired) electrons. The summed E-state index contributed by atoms with van der Waals surface area (Å²) in [6.07, 6.45) is 5.98. The Bertz CT molecular complexity index is 1060. The summed E-state index contributed by atoms with van der Waals surface area (Å²) in [5.41, 5.74) is 2.57. The molecule has 8 heteroatoms. The number of imidazole rings is 1. The molecule has 1 saturated carbocycles. The van der Waals surface area contributed by atoms with Crippen molar-refractivity contribution in [2.45, 2.75) is 52.0 Å². The highest BCUT2D eigenvalue weighted by atomic mass is 32.1. The summed E-state index contributed by atoms with van der Waals surface area (Å²) < 4.78 is 18.2. The van der Waals surface area contributed by atoms with E-state index in [1.165, 1.54) is 30.6 Å². The third-order valence-corrected chi connectivity index (χ3v) is 6.86. The fourth-order valence-electron chi connectivity index (χ4n) is 4.15. The highest BCUT2D eigenvalue weighted by Gasteiger charge is 2.26. The number of thiazole rings is 1. The van der Waals surface area contributed by atoms with Crippen LogP contribution in [0.2, 0.25) is 0 Å². The van der Waals surface area contributed by atoms with Gasteiger partial charge in [-0.25, -0.2) is 9.78 Å². The third-order valence-electron chi connectivity index (χ3n) is 5.74. The Morgan fingerprint density at radius 3 is 2.45 bits per heavy atom. The van der Waals surface area contributed by atoms with Gasteiger partial charge in [-0.05, 0) is 38.8 Å². The number of nitrogens with zero attached hydrogens (tertiary/aromatic N) is 2. The summed E-state index contributed by atoms with van der Waals surface area (Å²) in [5, 5.41) is 3.74. The molecular formula is C23H29N3O4S. The number of aryl methyl sites for hydroxylation is 1. The number of fused-ring (bicyclic) bond motifs is 1. The number of methoxy groups -OCH3 is 2. The molecule has 1 fully saturated rings. The first-order valence-electron chi connectivity index (χ1n) is 10.7. The molecule has 1 aromatic carbocycles. The van der Waals surface area contributed by atoms with Gasteiger partial charge >= 0.3 is 5.97 Å². The van der Waals surface area contributed by atoms with Crippen molar-refractivity contribution in [1.29, 1.82) is 0 Å². The predicted molar refractivity (Wildman–Crippen MR) is 123 cm³/mol. The maximum Gasteiger partial charge on any atom is 0.350 e. The summed E-state index contributed by atoms with van der Waals surface area (Å²) in [4.78, 5) is 18.7. The highest BCUT2D eigenvalue weighted by Crippen LogP contribution is 2.38. The van der Waals surface area contributed by atoms with E-state index in [1.54, 1.807) is 14.2 Å². The molecule has 0 aliphatic heterocycles. The number of rotatable bonds is 7. The Morgan fingerprint density at radius 1 is 1.16 bits per heavy atom. The zero-order valence-corrected chi connectivity index (χ0v) is 19.3. The lowest BCUT2D eigenvalue weighted by Crippen LogP contribution is -2.23. The second-order valence-corrected chi connectivity index (χ2v) is 8.72.